The Kier molecular flexibility index (Phi) is 9.72. The molecule has 1 aromatic rings. The number of halogens is 2. The lowest BCUT2D eigenvalue weighted by Gasteiger charge is -2.40. The molecule has 0 saturated carbocycles. The van der Waals surface area contributed by atoms with Crippen LogP contribution in [0, 0.1) is 5.82 Å². The van der Waals surface area contributed by atoms with Crippen molar-refractivity contribution in [3.63, 3.8) is 0 Å². The molecular formula is C22H34FIN4O2S. The molecule has 0 radical (unpaired) electrons. The van der Waals surface area contributed by atoms with E-state index < -0.39 is 5.60 Å². The molecule has 3 rings (SSSR count). The second kappa shape index (κ2) is 11.6. The minimum absolute atomic E-state index is 0. The summed E-state index contributed by atoms with van der Waals surface area (Å²) in [5, 5.41) is 6.81. The number of thioether (sulfide) groups is 1. The van der Waals surface area contributed by atoms with Gasteiger partial charge in [0.25, 0.3) is 0 Å². The molecule has 2 N–H and O–H groups in total. The summed E-state index contributed by atoms with van der Waals surface area (Å²) < 4.78 is 19.3. The highest BCUT2D eigenvalue weighted by Crippen LogP contribution is 2.36. The molecule has 1 aromatic carbocycles. The van der Waals surface area contributed by atoms with Crippen molar-refractivity contribution in [2.24, 2.45) is 4.99 Å². The summed E-state index contributed by atoms with van der Waals surface area (Å²) in [5.41, 5.74) is -0.474. The van der Waals surface area contributed by atoms with E-state index in [9.17, 15) is 9.18 Å². The molecular weight excluding hydrogens is 530 g/mol. The quantitative estimate of drug-likeness (QED) is 0.180. The topological polar surface area (TPSA) is 66.0 Å². The molecule has 6 nitrogen and oxygen atoms in total. The zero-order chi connectivity index (χ0) is 21.7. The lowest BCUT2D eigenvalue weighted by Crippen LogP contribution is -2.55. The summed E-state index contributed by atoms with van der Waals surface area (Å²) in [5.74, 6) is 1.31. The summed E-state index contributed by atoms with van der Waals surface area (Å²) >= 11 is 1.49. The Morgan fingerprint density at radius 1 is 1.26 bits per heavy atom. The van der Waals surface area contributed by atoms with Crippen molar-refractivity contribution in [3.8, 4) is 0 Å². The van der Waals surface area contributed by atoms with E-state index in [1.165, 1.54) is 17.8 Å². The van der Waals surface area contributed by atoms with Gasteiger partial charge in [-0.15, -0.1) is 35.7 Å². The number of carbonyl (C=O) groups is 1. The van der Waals surface area contributed by atoms with Gasteiger partial charge in [-0.1, -0.05) is 12.1 Å². The van der Waals surface area contributed by atoms with Crippen LogP contribution in [-0.2, 0) is 4.74 Å². The SMILES string of the molecule is CN=C(NCCSc1ccccc1F)NC1CC2CCC(C1)N2C(=O)OC(C)(C)C.I. The third-order valence-corrected chi connectivity index (χ3v) is 6.44. The Labute approximate surface area is 206 Å². The van der Waals surface area contributed by atoms with Crippen LogP contribution >= 0.6 is 35.7 Å². The summed E-state index contributed by atoms with van der Waals surface area (Å²) in [6.07, 6.45) is 3.63. The first kappa shape index (κ1) is 26.0. The van der Waals surface area contributed by atoms with Gasteiger partial charge in [-0.2, -0.15) is 0 Å². The molecule has 2 bridgehead atoms. The molecule has 2 saturated heterocycles. The zero-order valence-corrected chi connectivity index (χ0v) is 21.8. The maximum atomic E-state index is 13.7. The van der Waals surface area contributed by atoms with Crippen molar-refractivity contribution in [2.75, 3.05) is 19.3 Å². The molecule has 0 spiro atoms. The Balaban J connectivity index is 0.00000341. The number of guanidine groups is 1. The lowest BCUT2D eigenvalue weighted by atomic mass is 9.98. The minimum Gasteiger partial charge on any atom is -0.444 e. The van der Waals surface area contributed by atoms with Gasteiger partial charge in [-0.05, 0) is 58.6 Å². The number of amides is 1. The van der Waals surface area contributed by atoms with Gasteiger partial charge < -0.3 is 20.3 Å². The second-order valence-electron chi connectivity index (χ2n) is 8.86. The standard InChI is InChI=1S/C22H33FN4O2S.HI/c1-22(2,3)29-21(28)27-16-9-10-17(27)14-15(13-16)26-20(24-4)25-11-12-30-19-8-6-5-7-18(19)23;/h5-8,15-17H,9-14H2,1-4H3,(H2,24,25,26);1H. The Hall–Kier alpha value is -1.23. The van der Waals surface area contributed by atoms with Gasteiger partial charge in [0.05, 0.1) is 0 Å². The van der Waals surface area contributed by atoms with E-state index in [0.29, 0.717) is 11.4 Å². The van der Waals surface area contributed by atoms with Crippen molar-refractivity contribution in [3.05, 3.63) is 30.1 Å². The van der Waals surface area contributed by atoms with Gasteiger partial charge in [0.15, 0.2) is 5.96 Å². The van der Waals surface area contributed by atoms with Crippen LogP contribution in [0.4, 0.5) is 9.18 Å². The molecule has 31 heavy (non-hydrogen) atoms. The maximum Gasteiger partial charge on any atom is 0.410 e. The van der Waals surface area contributed by atoms with Crippen molar-refractivity contribution in [1.29, 1.82) is 0 Å². The van der Waals surface area contributed by atoms with Crippen LogP contribution in [0.15, 0.2) is 34.2 Å². The van der Waals surface area contributed by atoms with Crippen LogP contribution in [0.5, 0.6) is 0 Å². The van der Waals surface area contributed by atoms with Gasteiger partial charge in [0, 0.05) is 42.4 Å². The fraction of sp³-hybridized carbons (Fsp3) is 0.636. The lowest BCUT2D eigenvalue weighted by molar-refractivity contribution is 0.00545. The monoisotopic (exact) mass is 564 g/mol. The van der Waals surface area contributed by atoms with Crippen molar-refractivity contribution in [1.82, 2.24) is 15.5 Å². The number of fused-ring (bicyclic) bond motifs is 2. The molecule has 0 aromatic heterocycles. The Bertz CT molecular complexity index is 760. The fourth-order valence-corrected chi connectivity index (χ4v) is 4.99. The summed E-state index contributed by atoms with van der Waals surface area (Å²) in [4.78, 5) is 19.5. The van der Waals surface area contributed by atoms with Crippen LogP contribution < -0.4 is 10.6 Å². The van der Waals surface area contributed by atoms with E-state index in [1.807, 2.05) is 31.7 Å². The molecule has 0 aliphatic carbocycles. The number of ether oxygens (including phenoxy) is 1. The Morgan fingerprint density at radius 3 is 2.48 bits per heavy atom. The van der Waals surface area contributed by atoms with Crippen molar-refractivity contribution in [2.45, 2.75) is 75.1 Å². The first-order chi connectivity index (χ1) is 14.3. The third kappa shape index (κ3) is 7.40. The number of aliphatic imine (C=N–C) groups is 1. The zero-order valence-electron chi connectivity index (χ0n) is 18.7. The largest absolute Gasteiger partial charge is 0.444 e. The third-order valence-electron chi connectivity index (χ3n) is 5.39. The van der Waals surface area contributed by atoms with Gasteiger partial charge in [0.2, 0.25) is 0 Å². The average Bonchev–Trinajstić information content (AvgIpc) is 2.95. The van der Waals surface area contributed by atoms with E-state index >= 15 is 0 Å². The van der Waals surface area contributed by atoms with E-state index in [2.05, 4.69) is 15.6 Å². The van der Waals surface area contributed by atoms with E-state index in [4.69, 9.17) is 4.74 Å². The highest BCUT2D eigenvalue weighted by Gasteiger charge is 2.45. The van der Waals surface area contributed by atoms with Crippen molar-refractivity contribution >= 4 is 47.8 Å². The number of hydrogen-bond donors (Lipinski definition) is 2. The molecule has 174 valence electrons. The highest BCUT2D eigenvalue weighted by molar-refractivity contribution is 14.0. The van der Waals surface area contributed by atoms with Gasteiger partial charge >= 0.3 is 6.09 Å². The number of benzene rings is 1. The number of nitrogens with zero attached hydrogens (tertiary/aromatic N) is 2. The van der Waals surface area contributed by atoms with Gasteiger partial charge in [0.1, 0.15) is 11.4 Å². The van der Waals surface area contributed by atoms with E-state index in [0.717, 1.165) is 37.4 Å². The second-order valence-corrected chi connectivity index (χ2v) is 10.00. The molecule has 2 heterocycles. The van der Waals surface area contributed by atoms with E-state index in [1.54, 1.807) is 19.2 Å². The fourth-order valence-electron chi connectivity index (χ4n) is 4.19. The molecule has 2 fully saturated rings. The summed E-state index contributed by atoms with van der Waals surface area (Å²) in [7, 11) is 1.75. The summed E-state index contributed by atoms with van der Waals surface area (Å²) in [6.45, 7) is 6.39. The predicted molar refractivity (Wildman–Crippen MR) is 135 cm³/mol. The molecule has 2 aliphatic rings. The first-order valence-electron chi connectivity index (χ1n) is 10.6. The van der Waals surface area contributed by atoms with Crippen LogP contribution in [0.2, 0.25) is 0 Å². The number of hydrogen-bond acceptors (Lipinski definition) is 4. The van der Waals surface area contributed by atoms with Gasteiger partial charge in [-0.25, -0.2) is 9.18 Å². The van der Waals surface area contributed by atoms with E-state index in [-0.39, 0.29) is 54.0 Å². The maximum absolute atomic E-state index is 13.7. The van der Waals surface area contributed by atoms with Crippen LogP contribution in [0.1, 0.15) is 46.5 Å². The Morgan fingerprint density at radius 2 is 1.90 bits per heavy atom. The number of carbonyl (C=O) groups excluding carboxylic acids is 1. The van der Waals surface area contributed by atoms with Crippen LogP contribution in [0.3, 0.4) is 0 Å². The minimum atomic E-state index is -0.474. The van der Waals surface area contributed by atoms with Crippen LogP contribution in [-0.4, -0.2) is 60.0 Å². The molecule has 2 atom stereocenters. The average molecular weight is 565 g/mol. The number of nitrogens with one attached hydrogen (secondary N) is 2. The molecule has 1 amide bonds. The highest BCUT2D eigenvalue weighted by atomic mass is 127. The molecule has 2 unspecified atom stereocenters. The summed E-state index contributed by atoms with van der Waals surface area (Å²) in [6, 6.07) is 7.51. The van der Waals surface area contributed by atoms with Crippen molar-refractivity contribution < 1.29 is 13.9 Å². The normalized spacial score (nSPS) is 23.2. The molecule has 2 aliphatic heterocycles. The first-order valence-corrected chi connectivity index (χ1v) is 11.6. The van der Waals surface area contributed by atoms with Crippen LogP contribution in [0.25, 0.3) is 0 Å². The number of rotatable bonds is 5. The smallest absolute Gasteiger partial charge is 0.410 e. The van der Waals surface area contributed by atoms with Gasteiger partial charge in [-0.3, -0.25) is 4.99 Å². The number of piperidine rings is 1. The predicted octanol–water partition coefficient (Wildman–Crippen LogP) is 4.63. The molecule has 9 heteroatoms.